The molecule has 0 aliphatic heterocycles. The SMILES string of the molecule is c1cc(-c2cc(-c3cccc4c3oc3ccccc34)nc(-c3cccc4c3oc3ccccc34)n2)cc(-n2c3ccccc3c3ccccc32)c1. The molecule has 4 heterocycles. The Balaban J connectivity index is 1.17. The minimum atomic E-state index is 0.586. The molecule has 0 radical (unpaired) electrons. The zero-order chi connectivity index (χ0) is 33.5. The normalized spacial score (nSPS) is 11.9. The van der Waals surface area contributed by atoms with Gasteiger partial charge in [-0.25, -0.2) is 9.97 Å². The molecule has 5 nitrogen and oxygen atoms in total. The molecular weight excluding hydrogens is 627 g/mol. The monoisotopic (exact) mass is 653 g/mol. The maximum atomic E-state index is 6.51. The minimum absolute atomic E-state index is 0.586. The fourth-order valence-corrected chi connectivity index (χ4v) is 7.73. The first kappa shape index (κ1) is 27.9. The van der Waals surface area contributed by atoms with Crippen LogP contribution in [0.25, 0.3) is 105 Å². The summed E-state index contributed by atoms with van der Waals surface area (Å²) in [7, 11) is 0. The Morgan fingerprint density at radius 1 is 0.392 bits per heavy atom. The van der Waals surface area contributed by atoms with Crippen molar-refractivity contribution in [2.24, 2.45) is 0 Å². The summed E-state index contributed by atoms with van der Waals surface area (Å²) >= 11 is 0. The van der Waals surface area contributed by atoms with E-state index in [2.05, 4.69) is 126 Å². The molecule has 0 amide bonds. The van der Waals surface area contributed by atoms with E-state index in [1.807, 2.05) is 42.5 Å². The Kier molecular flexibility index (Phi) is 5.89. The van der Waals surface area contributed by atoms with E-state index in [1.165, 1.54) is 10.8 Å². The molecule has 0 bridgehead atoms. The molecule has 0 atom stereocenters. The predicted molar refractivity (Wildman–Crippen MR) is 207 cm³/mol. The lowest BCUT2D eigenvalue weighted by molar-refractivity contribution is 0.669. The van der Waals surface area contributed by atoms with Crippen LogP contribution in [0.5, 0.6) is 0 Å². The van der Waals surface area contributed by atoms with Crippen LogP contribution in [0.1, 0.15) is 0 Å². The fourth-order valence-electron chi connectivity index (χ4n) is 7.73. The molecule has 0 aliphatic rings. The van der Waals surface area contributed by atoms with E-state index in [0.717, 1.165) is 88.7 Å². The third kappa shape index (κ3) is 4.22. The second kappa shape index (κ2) is 10.8. The summed E-state index contributed by atoms with van der Waals surface area (Å²) in [4.78, 5) is 10.5. The lowest BCUT2D eigenvalue weighted by Gasteiger charge is -2.12. The number of fused-ring (bicyclic) bond motifs is 9. The number of para-hydroxylation sites is 6. The van der Waals surface area contributed by atoms with Crippen LogP contribution in [-0.2, 0) is 0 Å². The van der Waals surface area contributed by atoms with Crippen molar-refractivity contribution >= 4 is 65.7 Å². The summed E-state index contributed by atoms with van der Waals surface area (Å²) < 4.78 is 15.3. The van der Waals surface area contributed by atoms with E-state index < -0.39 is 0 Å². The van der Waals surface area contributed by atoms with E-state index in [-0.39, 0.29) is 0 Å². The first-order valence-corrected chi connectivity index (χ1v) is 17.1. The maximum absolute atomic E-state index is 6.51. The quantitative estimate of drug-likeness (QED) is 0.190. The van der Waals surface area contributed by atoms with E-state index in [0.29, 0.717) is 5.82 Å². The zero-order valence-electron chi connectivity index (χ0n) is 27.2. The first-order chi connectivity index (χ1) is 25.3. The van der Waals surface area contributed by atoms with Crippen LogP contribution in [0.3, 0.4) is 0 Å². The van der Waals surface area contributed by atoms with E-state index >= 15 is 0 Å². The molecule has 0 N–H and O–H groups in total. The number of aromatic nitrogens is 3. The summed E-state index contributed by atoms with van der Waals surface area (Å²) in [6, 6.07) is 56.6. The number of hydrogen-bond donors (Lipinski definition) is 0. The molecule has 0 aliphatic carbocycles. The van der Waals surface area contributed by atoms with Crippen LogP contribution in [0.15, 0.2) is 173 Å². The molecule has 0 saturated heterocycles. The number of furan rings is 2. The van der Waals surface area contributed by atoms with Crippen molar-refractivity contribution in [1.29, 1.82) is 0 Å². The fraction of sp³-hybridized carbons (Fsp3) is 0. The highest BCUT2D eigenvalue weighted by atomic mass is 16.3. The van der Waals surface area contributed by atoms with Gasteiger partial charge in [0.05, 0.1) is 28.0 Å². The third-order valence-corrected chi connectivity index (χ3v) is 10.0. The number of rotatable bonds is 4. The van der Waals surface area contributed by atoms with Crippen molar-refractivity contribution in [2.45, 2.75) is 0 Å². The number of benzene rings is 7. The Labute approximate surface area is 291 Å². The largest absolute Gasteiger partial charge is 0.455 e. The predicted octanol–water partition coefficient (Wildman–Crippen LogP) is 12.4. The van der Waals surface area contributed by atoms with Crippen molar-refractivity contribution < 1.29 is 8.83 Å². The third-order valence-electron chi connectivity index (χ3n) is 10.0. The average molecular weight is 654 g/mol. The Hall–Kier alpha value is -6.98. The molecule has 0 spiro atoms. The summed E-state index contributed by atoms with van der Waals surface area (Å²) in [6.07, 6.45) is 0. The molecule has 4 aromatic heterocycles. The molecule has 51 heavy (non-hydrogen) atoms. The maximum Gasteiger partial charge on any atom is 0.164 e. The van der Waals surface area contributed by atoms with Crippen molar-refractivity contribution in [3.63, 3.8) is 0 Å². The second-order valence-electron chi connectivity index (χ2n) is 12.9. The van der Waals surface area contributed by atoms with Gasteiger partial charge in [0, 0.05) is 49.1 Å². The Morgan fingerprint density at radius 3 is 1.57 bits per heavy atom. The standard InChI is InChI=1S/C46H27N3O2/c1-5-22-40-30(14-1)31-15-2-6-23-41(31)49(40)29-13-9-12-28(26-29)38-27-39(36-20-10-18-34-32-16-3-7-24-42(32)50-44(34)36)48-46(47-38)37-21-11-19-35-33-17-4-8-25-43(33)51-45(35)37/h1-27H. The molecule has 0 fully saturated rings. The molecule has 0 unspecified atom stereocenters. The van der Waals surface area contributed by atoms with Gasteiger partial charge in [0.2, 0.25) is 0 Å². The van der Waals surface area contributed by atoms with Gasteiger partial charge in [0.15, 0.2) is 5.82 Å². The zero-order valence-corrected chi connectivity index (χ0v) is 27.2. The van der Waals surface area contributed by atoms with Gasteiger partial charge < -0.3 is 13.4 Å². The van der Waals surface area contributed by atoms with E-state index in [9.17, 15) is 0 Å². The smallest absolute Gasteiger partial charge is 0.164 e. The van der Waals surface area contributed by atoms with Crippen molar-refractivity contribution in [1.82, 2.24) is 14.5 Å². The Bertz CT molecular complexity index is 2980. The lowest BCUT2D eigenvalue weighted by atomic mass is 10.0. The van der Waals surface area contributed by atoms with Gasteiger partial charge in [0.25, 0.3) is 0 Å². The first-order valence-electron chi connectivity index (χ1n) is 17.1. The second-order valence-corrected chi connectivity index (χ2v) is 12.9. The molecule has 11 rings (SSSR count). The van der Waals surface area contributed by atoms with Gasteiger partial charge in [-0.3, -0.25) is 0 Å². The molecule has 11 aromatic rings. The van der Waals surface area contributed by atoms with Crippen LogP contribution in [0, 0.1) is 0 Å². The van der Waals surface area contributed by atoms with Gasteiger partial charge in [-0.15, -0.1) is 0 Å². The molecule has 5 heteroatoms. The van der Waals surface area contributed by atoms with Gasteiger partial charge >= 0.3 is 0 Å². The van der Waals surface area contributed by atoms with E-state index in [1.54, 1.807) is 0 Å². The Morgan fingerprint density at radius 2 is 0.902 bits per heavy atom. The van der Waals surface area contributed by atoms with Crippen molar-refractivity contribution in [3.05, 3.63) is 164 Å². The molecular formula is C46H27N3O2. The summed E-state index contributed by atoms with van der Waals surface area (Å²) in [6.45, 7) is 0. The summed E-state index contributed by atoms with van der Waals surface area (Å²) in [5, 5.41) is 6.68. The van der Waals surface area contributed by atoms with E-state index in [4.69, 9.17) is 18.8 Å². The molecule has 7 aromatic carbocycles. The average Bonchev–Trinajstić information content (AvgIpc) is 3.87. The van der Waals surface area contributed by atoms with Crippen LogP contribution in [-0.4, -0.2) is 14.5 Å². The minimum Gasteiger partial charge on any atom is -0.455 e. The van der Waals surface area contributed by atoms with Crippen LogP contribution >= 0.6 is 0 Å². The topological polar surface area (TPSA) is 57.0 Å². The van der Waals surface area contributed by atoms with Crippen LogP contribution in [0.2, 0.25) is 0 Å². The highest BCUT2D eigenvalue weighted by molar-refractivity contribution is 6.11. The molecule has 0 saturated carbocycles. The molecule has 238 valence electrons. The lowest BCUT2D eigenvalue weighted by Crippen LogP contribution is -1.98. The summed E-state index contributed by atoms with van der Waals surface area (Å²) in [5.74, 6) is 0.586. The van der Waals surface area contributed by atoms with Crippen molar-refractivity contribution in [2.75, 3.05) is 0 Å². The highest BCUT2D eigenvalue weighted by Crippen LogP contribution is 2.40. The van der Waals surface area contributed by atoms with Gasteiger partial charge in [0.1, 0.15) is 22.3 Å². The van der Waals surface area contributed by atoms with Crippen LogP contribution in [0.4, 0.5) is 0 Å². The van der Waals surface area contributed by atoms with Gasteiger partial charge in [-0.1, -0.05) is 109 Å². The number of hydrogen-bond acceptors (Lipinski definition) is 4. The summed E-state index contributed by atoms with van der Waals surface area (Å²) in [5.41, 5.74) is 10.9. The van der Waals surface area contributed by atoms with Crippen LogP contribution < -0.4 is 0 Å². The number of nitrogens with zero attached hydrogens (tertiary/aromatic N) is 3. The highest BCUT2D eigenvalue weighted by Gasteiger charge is 2.20. The van der Waals surface area contributed by atoms with Gasteiger partial charge in [-0.2, -0.15) is 0 Å². The van der Waals surface area contributed by atoms with Crippen molar-refractivity contribution in [3.8, 4) is 39.6 Å². The van der Waals surface area contributed by atoms with Gasteiger partial charge in [-0.05, 0) is 54.6 Å².